The van der Waals surface area contributed by atoms with E-state index >= 15 is 0 Å². The summed E-state index contributed by atoms with van der Waals surface area (Å²) in [4.78, 5) is 17.0. The van der Waals surface area contributed by atoms with Crippen molar-refractivity contribution >= 4 is 11.6 Å². The number of para-hydroxylation sites is 1. The van der Waals surface area contributed by atoms with E-state index < -0.39 is 5.95 Å². The fourth-order valence-electron chi connectivity index (χ4n) is 3.58. The lowest BCUT2D eigenvalue weighted by molar-refractivity contribution is 0.0737. The largest absolute Gasteiger partial charge is 0.497 e. The quantitative estimate of drug-likeness (QED) is 0.647. The molecule has 8 heteroatoms. The Labute approximate surface area is 174 Å². The van der Waals surface area contributed by atoms with Gasteiger partial charge in [0.25, 0.3) is 5.91 Å². The summed E-state index contributed by atoms with van der Waals surface area (Å²) in [5, 5.41) is 3.86. The second kappa shape index (κ2) is 8.44. The normalized spacial score (nSPS) is 14.0. The summed E-state index contributed by atoms with van der Waals surface area (Å²) in [6, 6.07) is 16.0. The summed E-state index contributed by atoms with van der Waals surface area (Å²) in [7, 11) is 3.23. The molecule has 0 radical (unpaired) electrons. The molecule has 0 bridgehead atoms. The summed E-state index contributed by atoms with van der Waals surface area (Å²) >= 11 is 0. The van der Waals surface area contributed by atoms with Gasteiger partial charge in [0.05, 0.1) is 19.9 Å². The molecule has 4 rings (SSSR count). The van der Waals surface area contributed by atoms with Crippen molar-refractivity contribution in [3.8, 4) is 17.2 Å². The molecule has 1 aromatic heterocycles. The van der Waals surface area contributed by atoms with E-state index in [0.717, 1.165) is 5.69 Å². The predicted octanol–water partition coefficient (Wildman–Crippen LogP) is 2.99. The van der Waals surface area contributed by atoms with E-state index in [2.05, 4.69) is 10.00 Å². The van der Waals surface area contributed by atoms with E-state index in [0.29, 0.717) is 43.4 Å². The number of ether oxygens (including phenoxy) is 2. The number of methoxy groups -OCH3 is 2. The minimum Gasteiger partial charge on any atom is -0.497 e. The first-order valence-corrected chi connectivity index (χ1v) is 9.67. The molecular weight excluding hydrogens is 387 g/mol. The number of hydrogen-bond donors (Lipinski definition) is 0. The van der Waals surface area contributed by atoms with Gasteiger partial charge < -0.3 is 19.3 Å². The molecule has 1 aliphatic rings. The molecule has 30 heavy (non-hydrogen) atoms. The van der Waals surface area contributed by atoms with Crippen LogP contribution in [-0.4, -0.2) is 61.0 Å². The average molecular weight is 410 g/mol. The second-order valence-electron chi connectivity index (χ2n) is 6.95. The minimum atomic E-state index is -0.677. The van der Waals surface area contributed by atoms with Crippen molar-refractivity contribution in [2.45, 2.75) is 0 Å². The van der Waals surface area contributed by atoms with E-state index in [1.807, 2.05) is 36.4 Å². The maximum Gasteiger partial charge on any atom is 0.272 e. The summed E-state index contributed by atoms with van der Waals surface area (Å²) in [5.74, 6) is 0.512. The standard InChI is InChI=1S/C22H23FN4O3/c1-29-18-12-17(13-19(14-18)30-2)25-8-10-26(11-9-25)22(28)20-15-21(23)24-27(20)16-6-4-3-5-7-16/h3-7,12-15H,8-11H2,1-2H3. The molecule has 2 aromatic carbocycles. The van der Waals surface area contributed by atoms with Crippen LogP contribution in [0.4, 0.5) is 10.1 Å². The number of anilines is 1. The van der Waals surface area contributed by atoms with Crippen LogP contribution < -0.4 is 14.4 Å². The van der Waals surface area contributed by atoms with Crippen LogP contribution in [0, 0.1) is 5.95 Å². The van der Waals surface area contributed by atoms with Crippen LogP contribution in [0.25, 0.3) is 5.69 Å². The number of rotatable bonds is 5. The molecule has 1 saturated heterocycles. The average Bonchev–Trinajstić information content (AvgIpc) is 3.20. The molecule has 0 atom stereocenters. The molecule has 7 nitrogen and oxygen atoms in total. The van der Waals surface area contributed by atoms with E-state index in [4.69, 9.17) is 9.47 Å². The highest BCUT2D eigenvalue weighted by Crippen LogP contribution is 2.29. The van der Waals surface area contributed by atoms with Crippen LogP contribution in [0.1, 0.15) is 10.5 Å². The van der Waals surface area contributed by atoms with E-state index in [9.17, 15) is 9.18 Å². The number of piperazine rings is 1. The number of aromatic nitrogens is 2. The van der Waals surface area contributed by atoms with Crippen molar-refractivity contribution in [3.05, 3.63) is 66.2 Å². The lowest BCUT2D eigenvalue weighted by Crippen LogP contribution is -2.49. The third-order valence-electron chi connectivity index (χ3n) is 5.17. The third-order valence-corrected chi connectivity index (χ3v) is 5.17. The highest BCUT2D eigenvalue weighted by molar-refractivity contribution is 5.93. The second-order valence-corrected chi connectivity index (χ2v) is 6.95. The van der Waals surface area contributed by atoms with Crippen molar-refractivity contribution in [2.75, 3.05) is 45.3 Å². The number of carbonyl (C=O) groups excluding carboxylic acids is 1. The number of hydrogen-bond acceptors (Lipinski definition) is 5. The van der Waals surface area contributed by atoms with E-state index in [1.165, 1.54) is 10.7 Å². The molecule has 0 unspecified atom stereocenters. The van der Waals surface area contributed by atoms with Gasteiger partial charge in [-0.3, -0.25) is 4.79 Å². The van der Waals surface area contributed by atoms with Crippen LogP contribution >= 0.6 is 0 Å². The molecular formula is C22H23FN4O3. The van der Waals surface area contributed by atoms with Gasteiger partial charge >= 0.3 is 0 Å². The number of benzene rings is 2. The van der Waals surface area contributed by atoms with Crippen LogP contribution in [-0.2, 0) is 0 Å². The maximum absolute atomic E-state index is 13.9. The zero-order valence-electron chi connectivity index (χ0n) is 16.9. The fraction of sp³-hybridized carbons (Fsp3) is 0.273. The molecule has 1 aliphatic heterocycles. The highest BCUT2D eigenvalue weighted by atomic mass is 19.1. The van der Waals surface area contributed by atoms with Crippen molar-refractivity contribution < 1.29 is 18.7 Å². The van der Waals surface area contributed by atoms with Crippen LogP contribution in [0.2, 0.25) is 0 Å². The Morgan fingerprint density at radius 3 is 2.13 bits per heavy atom. The van der Waals surface area contributed by atoms with E-state index in [-0.39, 0.29) is 11.6 Å². The third kappa shape index (κ3) is 3.94. The van der Waals surface area contributed by atoms with Crippen LogP contribution in [0.15, 0.2) is 54.6 Å². The van der Waals surface area contributed by atoms with Crippen molar-refractivity contribution in [1.29, 1.82) is 0 Å². The lowest BCUT2D eigenvalue weighted by Gasteiger charge is -2.36. The van der Waals surface area contributed by atoms with Gasteiger partial charge in [0.1, 0.15) is 17.2 Å². The molecule has 1 amide bonds. The lowest BCUT2D eigenvalue weighted by atomic mass is 10.2. The van der Waals surface area contributed by atoms with Crippen molar-refractivity contribution in [1.82, 2.24) is 14.7 Å². The van der Waals surface area contributed by atoms with Crippen LogP contribution in [0.3, 0.4) is 0 Å². The van der Waals surface area contributed by atoms with Gasteiger partial charge in [0.15, 0.2) is 0 Å². The van der Waals surface area contributed by atoms with Crippen LogP contribution in [0.5, 0.6) is 11.5 Å². The Morgan fingerprint density at radius 2 is 1.53 bits per heavy atom. The number of carbonyl (C=O) groups is 1. The minimum absolute atomic E-state index is 0.218. The Hall–Kier alpha value is -3.55. The van der Waals surface area contributed by atoms with Gasteiger partial charge in [-0.25, -0.2) is 4.68 Å². The maximum atomic E-state index is 13.9. The summed E-state index contributed by atoms with van der Waals surface area (Å²) in [6.07, 6.45) is 0. The Kier molecular flexibility index (Phi) is 5.56. The Balaban J connectivity index is 1.50. The predicted molar refractivity (Wildman–Crippen MR) is 111 cm³/mol. The van der Waals surface area contributed by atoms with Crippen molar-refractivity contribution in [2.24, 2.45) is 0 Å². The summed E-state index contributed by atoms with van der Waals surface area (Å²) in [5.41, 5.74) is 1.83. The monoisotopic (exact) mass is 410 g/mol. The number of nitrogens with zero attached hydrogens (tertiary/aromatic N) is 4. The SMILES string of the molecule is COc1cc(OC)cc(N2CCN(C(=O)c3cc(F)nn3-c3ccccc3)CC2)c1. The van der Waals surface area contributed by atoms with Gasteiger partial charge in [-0.1, -0.05) is 18.2 Å². The first-order chi connectivity index (χ1) is 14.6. The molecule has 0 N–H and O–H groups in total. The number of halogens is 1. The van der Waals surface area contributed by atoms with Gasteiger partial charge in [0, 0.05) is 56.1 Å². The van der Waals surface area contributed by atoms with Gasteiger partial charge in [0.2, 0.25) is 5.95 Å². The zero-order chi connectivity index (χ0) is 21.1. The zero-order valence-corrected chi connectivity index (χ0v) is 16.9. The smallest absolute Gasteiger partial charge is 0.272 e. The molecule has 156 valence electrons. The molecule has 3 aromatic rings. The molecule has 2 heterocycles. The molecule has 1 fully saturated rings. The van der Waals surface area contributed by atoms with Gasteiger partial charge in [-0.15, -0.1) is 5.10 Å². The Morgan fingerprint density at radius 1 is 0.900 bits per heavy atom. The molecule has 0 aliphatic carbocycles. The summed E-state index contributed by atoms with van der Waals surface area (Å²) in [6.45, 7) is 2.31. The van der Waals surface area contributed by atoms with Gasteiger partial charge in [-0.05, 0) is 12.1 Å². The van der Waals surface area contributed by atoms with Crippen molar-refractivity contribution in [3.63, 3.8) is 0 Å². The Bertz CT molecular complexity index is 1010. The first-order valence-electron chi connectivity index (χ1n) is 9.67. The highest BCUT2D eigenvalue weighted by Gasteiger charge is 2.26. The number of amides is 1. The fourth-order valence-corrected chi connectivity index (χ4v) is 3.58. The molecule has 0 saturated carbocycles. The molecule has 0 spiro atoms. The van der Waals surface area contributed by atoms with E-state index in [1.54, 1.807) is 31.3 Å². The van der Waals surface area contributed by atoms with Gasteiger partial charge in [-0.2, -0.15) is 4.39 Å². The summed E-state index contributed by atoms with van der Waals surface area (Å²) < 4.78 is 25.9. The topological polar surface area (TPSA) is 59.8 Å². The first kappa shape index (κ1) is 19.8.